The van der Waals surface area contributed by atoms with Crippen molar-refractivity contribution in [2.45, 2.75) is 66.5 Å². The van der Waals surface area contributed by atoms with E-state index in [9.17, 15) is 19.5 Å². The van der Waals surface area contributed by atoms with Crippen LogP contribution in [0.4, 0.5) is 10.5 Å². The number of carboxylic acid groups (broad SMARTS) is 1. The number of anilines is 1. The summed E-state index contributed by atoms with van der Waals surface area (Å²) in [6.45, 7) is 12.8. The number of hydrogen-bond donors (Lipinski definition) is 4. The predicted molar refractivity (Wildman–Crippen MR) is 122 cm³/mol. The van der Waals surface area contributed by atoms with Crippen molar-refractivity contribution in [3.05, 3.63) is 28.7 Å². The van der Waals surface area contributed by atoms with Gasteiger partial charge in [0.2, 0.25) is 5.91 Å². The van der Waals surface area contributed by atoms with Gasteiger partial charge in [0.05, 0.1) is 0 Å². The molecule has 1 rings (SSSR count). The summed E-state index contributed by atoms with van der Waals surface area (Å²) >= 11 is 3.34. The Kier molecular flexibility index (Phi) is 8.90. The van der Waals surface area contributed by atoms with Gasteiger partial charge in [-0.05, 0) is 47.9 Å². The van der Waals surface area contributed by atoms with Gasteiger partial charge in [-0.25, -0.2) is 9.59 Å². The molecule has 0 saturated carbocycles. The van der Waals surface area contributed by atoms with Crippen molar-refractivity contribution in [1.29, 1.82) is 0 Å². The molecule has 1 unspecified atom stereocenters. The lowest BCUT2D eigenvalue weighted by Gasteiger charge is -2.45. The van der Waals surface area contributed by atoms with E-state index in [1.54, 1.807) is 58.9 Å². The summed E-state index contributed by atoms with van der Waals surface area (Å²) in [4.78, 5) is 37.9. The maximum absolute atomic E-state index is 13.2. The van der Waals surface area contributed by atoms with Crippen LogP contribution in [-0.4, -0.2) is 34.6 Å². The van der Waals surface area contributed by atoms with E-state index in [-0.39, 0.29) is 11.8 Å². The van der Waals surface area contributed by atoms with E-state index in [0.717, 1.165) is 4.47 Å². The zero-order valence-electron chi connectivity index (χ0n) is 18.8. The minimum Gasteiger partial charge on any atom is -0.479 e. The maximum atomic E-state index is 13.2. The van der Waals surface area contributed by atoms with Crippen LogP contribution < -0.4 is 16.0 Å². The van der Waals surface area contributed by atoms with Crippen LogP contribution in [0.25, 0.3) is 0 Å². The minimum absolute atomic E-state index is 0.113. The summed E-state index contributed by atoms with van der Waals surface area (Å²) in [7, 11) is 0. The van der Waals surface area contributed by atoms with E-state index in [4.69, 9.17) is 0 Å². The van der Waals surface area contributed by atoms with Gasteiger partial charge in [-0.1, -0.05) is 64.4 Å². The van der Waals surface area contributed by atoms with Crippen LogP contribution in [0.3, 0.4) is 0 Å². The average Bonchev–Trinajstić information content (AvgIpc) is 2.58. The van der Waals surface area contributed by atoms with Gasteiger partial charge in [0, 0.05) is 10.2 Å². The fraction of sp³-hybridized carbons (Fsp3) is 0.591. The highest BCUT2D eigenvalue weighted by Crippen LogP contribution is 2.37. The molecule has 1 aromatic carbocycles. The number of rotatable bonds is 8. The molecule has 3 amide bonds. The number of carbonyl (C=O) groups is 3. The lowest BCUT2D eigenvalue weighted by Crippen LogP contribution is -2.68. The topological polar surface area (TPSA) is 108 Å². The van der Waals surface area contributed by atoms with Crippen molar-refractivity contribution < 1.29 is 19.5 Å². The van der Waals surface area contributed by atoms with E-state index in [1.807, 2.05) is 13.8 Å². The van der Waals surface area contributed by atoms with Crippen LogP contribution in [0.1, 0.15) is 54.9 Å². The van der Waals surface area contributed by atoms with Crippen molar-refractivity contribution in [2.75, 3.05) is 5.32 Å². The summed E-state index contributed by atoms with van der Waals surface area (Å²) in [5, 5.41) is 18.2. The molecular weight excluding hydrogens is 450 g/mol. The van der Waals surface area contributed by atoms with E-state index < -0.39 is 34.9 Å². The fourth-order valence-corrected chi connectivity index (χ4v) is 3.93. The smallest absolute Gasteiger partial charge is 0.330 e. The van der Waals surface area contributed by atoms with Crippen molar-refractivity contribution in [2.24, 2.45) is 17.3 Å². The Labute approximate surface area is 187 Å². The number of benzene rings is 1. The highest BCUT2D eigenvalue weighted by Gasteiger charge is 2.53. The van der Waals surface area contributed by atoms with E-state index in [2.05, 4.69) is 31.9 Å². The van der Waals surface area contributed by atoms with E-state index in [0.29, 0.717) is 12.1 Å². The minimum atomic E-state index is -1.48. The van der Waals surface area contributed by atoms with Crippen LogP contribution in [0, 0.1) is 17.3 Å². The maximum Gasteiger partial charge on any atom is 0.330 e. The second-order valence-corrected chi connectivity index (χ2v) is 10.2. The molecule has 0 heterocycles. The lowest BCUT2D eigenvalue weighted by molar-refractivity contribution is -0.157. The Morgan fingerprint density at radius 2 is 1.57 bits per heavy atom. The third-order valence-corrected chi connectivity index (χ3v) is 5.67. The number of carbonyl (C=O) groups excluding carboxylic acids is 2. The highest BCUT2D eigenvalue weighted by atomic mass is 79.9. The summed E-state index contributed by atoms with van der Waals surface area (Å²) in [6, 6.07) is 5.64. The predicted octanol–water partition coefficient (Wildman–Crippen LogP) is 4.63. The molecule has 0 spiro atoms. The van der Waals surface area contributed by atoms with Crippen LogP contribution >= 0.6 is 15.9 Å². The second kappa shape index (κ2) is 10.3. The fourth-order valence-electron chi connectivity index (χ4n) is 3.66. The summed E-state index contributed by atoms with van der Waals surface area (Å²) < 4.78 is 0.881. The van der Waals surface area contributed by atoms with Gasteiger partial charge in [0.15, 0.2) is 0 Å². The zero-order valence-corrected chi connectivity index (χ0v) is 20.4. The highest BCUT2D eigenvalue weighted by molar-refractivity contribution is 9.10. The molecule has 0 aromatic heterocycles. The first-order valence-corrected chi connectivity index (χ1v) is 10.9. The monoisotopic (exact) mass is 483 g/mol. The van der Waals surface area contributed by atoms with Gasteiger partial charge in [-0.15, -0.1) is 0 Å². The van der Waals surface area contributed by atoms with Crippen LogP contribution in [0.15, 0.2) is 28.7 Å². The quantitative estimate of drug-likeness (QED) is 0.432. The molecule has 8 heteroatoms. The van der Waals surface area contributed by atoms with E-state index >= 15 is 0 Å². The van der Waals surface area contributed by atoms with Crippen molar-refractivity contribution in [3.63, 3.8) is 0 Å². The Balaban J connectivity index is 3.08. The SMILES string of the molecule is CC(C)C[C@H](NC(=O)Nc1ccc(Br)cc1)C(=O)NC(C(=O)O)(C(C)C)C(C)(C)C. The third-order valence-electron chi connectivity index (χ3n) is 5.14. The zero-order chi connectivity index (χ0) is 23.3. The molecule has 168 valence electrons. The molecule has 7 nitrogen and oxygen atoms in total. The molecule has 2 atom stereocenters. The number of hydrogen-bond acceptors (Lipinski definition) is 3. The molecule has 0 aliphatic carbocycles. The summed E-state index contributed by atoms with van der Waals surface area (Å²) in [6.07, 6.45) is 0.373. The molecule has 4 N–H and O–H groups in total. The largest absolute Gasteiger partial charge is 0.479 e. The summed E-state index contributed by atoms with van der Waals surface area (Å²) in [5.41, 5.74) is -1.65. The molecule has 0 saturated heterocycles. The Bertz CT molecular complexity index is 757. The normalized spacial score (nSPS) is 14.7. The Morgan fingerprint density at radius 1 is 1.03 bits per heavy atom. The van der Waals surface area contributed by atoms with Gasteiger partial charge >= 0.3 is 12.0 Å². The first-order chi connectivity index (χ1) is 13.7. The number of carboxylic acids is 1. The van der Waals surface area contributed by atoms with Gasteiger partial charge in [-0.3, -0.25) is 4.79 Å². The molecular formula is C22H34BrN3O4. The number of amides is 3. The van der Waals surface area contributed by atoms with Crippen molar-refractivity contribution in [1.82, 2.24) is 10.6 Å². The first-order valence-electron chi connectivity index (χ1n) is 10.1. The van der Waals surface area contributed by atoms with Gasteiger partial charge in [0.1, 0.15) is 11.6 Å². The lowest BCUT2D eigenvalue weighted by atomic mass is 9.67. The number of nitrogens with one attached hydrogen (secondary N) is 3. The standard InChI is InChI=1S/C22H34BrN3O4/c1-13(2)12-17(25-20(30)24-16-10-8-15(23)9-11-16)18(27)26-22(14(3)4,19(28)29)21(5,6)7/h8-11,13-14,17H,12H2,1-7H3,(H,26,27)(H,28,29)(H2,24,25,30)/t17-,22?/m0/s1. The van der Waals surface area contributed by atoms with Crippen LogP contribution in [-0.2, 0) is 9.59 Å². The molecule has 0 bridgehead atoms. The number of aliphatic carboxylic acids is 1. The molecule has 0 fully saturated rings. The second-order valence-electron chi connectivity index (χ2n) is 9.29. The molecule has 0 aliphatic heterocycles. The van der Waals surface area contributed by atoms with Gasteiger partial charge in [-0.2, -0.15) is 0 Å². The number of urea groups is 1. The van der Waals surface area contributed by atoms with Gasteiger partial charge in [0.25, 0.3) is 0 Å². The van der Waals surface area contributed by atoms with Crippen molar-refractivity contribution in [3.8, 4) is 0 Å². The van der Waals surface area contributed by atoms with Crippen LogP contribution in [0.5, 0.6) is 0 Å². The molecule has 0 radical (unpaired) electrons. The third kappa shape index (κ3) is 6.45. The first kappa shape index (κ1) is 25.9. The molecule has 0 aliphatic rings. The number of halogens is 1. The Hall–Kier alpha value is -2.09. The average molecular weight is 484 g/mol. The van der Waals surface area contributed by atoms with Gasteiger partial charge < -0.3 is 21.1 Å². The Morgan fingerprint density at radius 3 is 1.97 bits per heavy atom. The molecule has 1 aromatic rings. The van der Waals surface area contributed by atoms with E-state index in [1.165, 1.54) is 0 Å². The summed E-state index contributed by atoms with van der Waals surface area (Å²) in [5.74, 6) is -1.86. The van der Waals surface area contributed by atoms with Crippen molar-refractivity contribution >= 4 is 39.5 Å². The van der Waals surface area contributed by atoms with Crippen LogP contribution in [0.2, 0.25) is 0 Å². The molecule has 30 heavy (non-hydrogen) atoms.